The van der Waals surface area contributed by atoms with Crippen molar-refractivity contribution in [1.29, 1.82) is 0 Å². The Bertz CT molecular complexity index is 876. The average Bonchev–Trinajstić information content (AvgIpc) is 3.04. The van der Waals surface area contributed by atoms with E-state index in [2.05, 4.69) is 5.10 Å². The third-order valence-electron chi connectivity index (χ3n) is 3.58. The molecular weight excluding hydrogens is 345 g/mol. The Labute approximate surface area is 150 Å². The molecule has 0 atom stereocenters. The first-order chi connectivity index (χ1) is 11.5. The molecule has 0 unspecified atom stereocenters. The number of carbonyl (C=O) groups excluding carboxylic acids is 1. The minimum absolute atomic E-state index is 0.117. The minimum Gasteiger partial charge on any atom is -0.337 e. The predicted molar refractivity (Wildman–Crippen MR) is 95.8 cm³/mol. The maximum atomic E-state index is 12.6. The number of nitrogens with zero attached hydrogens (tertiary/aromatic N) is 3. The van der Waals surface area contributed by atoms with Gasteiger partial charge in [-0.25, -0.2) is 4.68 Å². The third kappa shape index (κ3) is 3.61. The highest BCUT2D eigenvalue weighted by molar-refractivity contribution is 6.32. The van der Waals surface area contributed by atoms with Gasteiger partial charge in [-0.3, -0.25) is 4.79 Å². The summed E-state index contributed by atoms with van der Waals surface area (Å²) in [5, 5.41) is 5.46. The molecule has 0 radical (unpaired) electrons. The molecule has 122 valence electrons. The Kier molecular flexibility index (Phi) is 4.88. The van der Waals surface area contributed by atoms with Gasteiger partial charge in [0.25, 0.3) is 5.91 Å². The number of amides is 1. The molecule has 0 saturated carbocycles. The highest BCUT2D eigenvalue weighted by Gasteiger charge is 2.15. The quantitative estimate of drug-likeness (QED) is 0.689. The zero-order chi connectivity index (χ0) is 17.1. The summed E-state index contributed by atoms with van der Waals surface area (Å²) in [6, 6.07) is 14.8. The summed E-state index contributed by atoms with van der Waals surface area (Å²) in [5.74, 6) is -0.117. The number of hydrogen-bond donors (Lipinski definition) is 0. The molecular formula is C18H15Cl2N3O. The predicted octanol–water partition coefficient (Wildman–Crippen LogP) is 4.45. The zero-order valence-electron chi connectivity index (χ0n) is 13.0. The molecule has 0 N–H and O–H groups in total. The largest absolute Gasteiger partial charge is 0.337 e. The van der Waals surface area contributed by atoms with Crippen LogP contribution in [0.15, 0.2) is 60.9 Å². The van der Waals surface area contributed by atoms with Crippen LogP contribution >= 0.6 is 23.2 Å². The van der Waals surface area contributed by atoms with Crippen LogP contribution in [0.4, 0.5) is 0 Å². The monoisotopic (exact) mass is 359 g/mol. The van der Waals surface area contributed by atoms with Crippen LogP contribution in [0.2, 0.25) is 10.0 Å². The molecule has 24 heavy (non-hydrogen) atoms. The van der Waals surface area contributed by atoms with Crippen LogP contribution < -0.4 is 0 Å². The fraction of sp³-hybridized carbons (Fsp3) is 0.111. The molecule has 1 aromatic heterocycles. The van der Waals surface area contributed by atoms with Gasteiger partial charge < -0.3 is 4.90 Å². The Morgan fingerprint density at radius 3 is 2.71 bits per heavy atom. The molecule has 1 heterocycles. The van der Waals surface area contributed by atoms with Crippen molar-refractivity contribution in [1.82, 2.24) is 14.7 Å². The zero-order valence-corrected chi connectivity index (χ0v) is 14.5. The molecule has 0 aliphatic carbocycles. The van der Waals surface area contributed by atoms with E-state index in [9.17, 15) is 4.79 Å². The highest BCUT2D eigenvalue weighted by Crippen LogP contribution is 2.20. The van der Waals surface area contributed by atoms with E-state index in [1.807, 2.05) is 36.4 Å². The number of aromatic nitrogens is 2. The van der Waals surface area contributed by atoms with E-state index in [-0.39, 0.29) is 5.91 Å². The normalized spacial score (nSPS) is 10.6. The molecule has 6 heteroatoms. The van der Waals surface area contributed by atoms with Crippen molar-refractivity contribution in [3.8, 4) is 5.69 Å². The number of benzene rings is 2. The minimum atomic E-state index is -0.117. The molecule has 0 saturated heterocycles. The summed E-state index contributed by atoms with van der Waals surface area (Å²) in [6.45, 7) is 0.469. The Hall–Kier alpha value is -2.30. The molecule has 0 fully saturated rings. The van der Waals surface area contributed by atoms with Gasteiger partial charge in [-0.05, 0) is 29.8 Å². The second-order valence-electron chi connectivity index (χ2n) is 5.42. The van der Waals surface area contributed by atoms with Crippen LogP contribution in [0.3, 0.4) is 0 Å². The molecule has 3 aromatic rings. The van der Waals surface area contributed by atoms with Crippen LogP contribution in [0.25, 0.3) is 5.69 Å². The Morgan fingerprint density at radius 2 is 1.96 bits per heavy atom. The molecule has 0 spiro atoms. The van der Waals surface area contributed by atoms with Crippen LogP contribution in [0.1, 0.15) is 15.9 Å². The van der Waals surface area contributed by atoms with Gasteiger partial charge in [0, 0.05) is 24.8 Å². The Morgan fingerprint density at radius 1 is 1.17 bits per heavy atom. The first-order valence-electron chi connectivity index (χ1n) is 7.34. The van der Waals surface area contributed by atoms with E-state index >= 15 is 0 Å². The van der Waals surface area contributed by atoms with Gasteiger partial charge in [-0.15, -0.1) is 0 Å². The first-order valence-corrected chi connectivity index (χ1v) is 8.09. The molecule has 4 nitrogen and oxygen atoms in total. The first kappa shape index (κ1) is 16.6. The van der Waals surface area contributed by atoms with E-state index in [0.717, 1.165) is 11.3 Å². The lowest BCUT2D eigenvalue weighted by atomic mass is 10.2. The van der Waals surface area contributed by atoms with Crippen molar-refractivity contribution in [2.24, 2.45) is 0 Å². The van der Waals surface area contributed by atoms with Crippen molar-refractivity contribution in [3.63, 3.8) is 0 Å². The number of rotatable bonds is 4. The lowest BCUT2D eigenvalue weighted by Gasteiger charge is -2.16. The number of para-hydroxylation sites is 1. The van der Waals surface area contributed by atoms with Crippen molar-refractivity contribution < 1.29 is 4.79 Å². The van der Waals surface area contributed by atoms with Gasteiger partial charge in [0.05, 0.1) is 22.5 Å². The standard InChI is InChI=1S/C18H15Cl2N3O/c1-22(11-13-5-4-6-15(19)9-13)18(24)14-10-21-23(12-14)17-8-3-2-7-16(17)20/h2-10,12H,11H2,1H3. The summed E-state index contributed by atoms with van der Waals surface area (Å²) in [4.78, 5) is 14.2. The smallest absolute Gasteiger partial charge is 0.257 e. The maximum Gasteiger partial charge on any atom is 0.257 e. The Balaban J connectivity index is 1.77. The lowest BCUT2D eigenvalue weighted by Crippen LogP contribution is -2.25. The maximum absolute atomic E-state index is 12.6. The SMILES string of the molecule is CN(Cc1cccc(Cl)c1)C(=O)c1cnn(-c2ccccc2Cl)c1. The number of hydrogen-bond acceptors (Lipinski definition) is 2. The molecule has 1 amide bonds. The summed E-state index contributed by atoms with van der Waals surface area (Å²) >= 11 is 12.1. The summed E-state index contributed by atoms with van der Waals surface area (Å²) < 4.78 is 1.60. The topological polar surface area (TPSA) is 38.1 Å². The van der Waals surface area contributed by atoms with E-state index < -0.39 is 0 Å². The summed E-state index contributed by atoms with van der Waals surface area (Å²) in [5.41, 5.74) is 2.20. The van der Waals surface area contributed by atoms with Gasteiger partial charge in [-0.1, -0.05) is 47.5 Å². The fourth-order valence-electron chi connectivity index (χ4n) is 2.40. The molecule has 3 rings (SSSR count). The van der Waals surface area contributed by atoms with Gasteiger partial charge in [-0.2, -0.15) is 5.10 Å². The van der Waals surface area contributed by atoms with Crippen molar-refractivity contribution in [2.45, 2.75) is 6.54 Å². The van der Waals surface area contributed by atoms with Crippen molar-refractivity contribution >= 4 is 29.1 Å². The summed E-state index contributed by atoms with van der Waals surface area (Å²) in [6.07, 6.45) is 3.22. The second-order valence-corrected chi connectivity index (χ2v) is 6.26. The van der Waals surface area contributed by atoms with Crippen LogP contribution in [0, 0.1) is 0 Å². The number of carbonyl (C=O) groups is 1. The van der Waals surface area contributed by atoms with Gasteiger partial charge in [0.1, 0.15) is 0 Å². The van der Waals surface area contributed by atoms with Crippen LogP contribution in [0.5, 0.6) is 0 Å². The lowest BCUT2D eigenvalue weighted by molar-refractivity contribution is 0.0785. The van der Waals surface area contributed by atoms with E-state index in [0.29, 0.717) is 22.2 Å². The molecule has 0 aliphatic heterocycles. The van der Waals surface area contributed by atoms with Gasteiger partial charge in [0.2, 0.25) is 0 Å². The highest BCUT2D eigenvalue weighted by atomic mass is 35.5. The van der Waals surface area contributed by atoms with E-state index in [4.69, 9.17) is 23.2 Å². The van der Waals surface area contributed by atoms with Crippen molar-refractivity contribution in [2.75, 3.05) is 7.05 Å². The molecule has 0 aliphatic rings. The van der Waals surface area contributed by atoms with E-state index in [1.165, 1.54) is 0 Å². The van der Waals surface area contributed by atoms with Crippen LogP contribution in [-0.2, 0) is 6.54 Å². The third-order valence-corrected chi connectivity index (χ3v) is 4.14. The molecule has 0 bridgehead atoms. The van der Waals surface area contributed by atoms with Gasteiger partial charge >= 0.3 is 0 Å². The fourth-order valence-corrected chi connectivity index (χ4v) is 2.84. The van der Waals surface area contributed by atoms with Gasteiger partial charge in [0.15, 0.2) is 0 Å². The van der Waals surface area contributed by atoms with Crippen LogP contribution in [-0.4, -0.2) is 27.6 Å². The second kappa shape index (κ2) is 7.07. The van der Waals surface area contributed by atoms with E-state index in [1.54, 1.807) is 41.2 Å². The van der Waals surface area contributed by atoms with Crippen molar-refractivity contribution in [3.05, 3.63) is 82.1 Å². The molecule has 2 aromatic carbocycles. The average molecular weight is 360 g/mol. The number of halogens is 2. The summed E-state index contributed by atoms with van der Waals surface area (Å²) in [7, 11) is 1.75.